The molecule has 3 aliphatic rings. The van der Waals surface area contributed by atoms with Crippen molar-refractivity contribution in [3.05, 3.63) is 95.1 Å². The van der Waals surface area contributed by atoms with Gasteiger partial charge in [0.15, 0.2) is 0 Å². The fourth-order valence-corrected chi connectivity index (χ4v) is 8.62. The van der Waals surface area contributed by atoms with E-state index in [0.717, 1.165) is 59.5 Å². The molecular weight excluding hydrogens is 681 g/mol. The Balaban J connectivity index is 1.21. The summed E-state index contributed by atoms with van der Waals surface area (Å²) >= 11 is 0. The standard InChI is InChI=1S/C44H50N4O6/c49-37(48-26-28-54-29-27-48)15-9-14-34-35(21-22-36-39(31-10-3-1-4-11-31)40(46-41(34)36)32-12-5-2-6-13-32)42(52)47-44(24-7-8-25-44)43(53)45-33-19-16-30(17-20-33)18-23-38(50)51/h2,5-6,12-13,16-23,31,46H,1,3-4,7-11,14-15,24-29H2,(H,45,53)(H,47,52)(H,50,51). The van der Waals surface area contributed by atoms with Gasteiger partial charge in [-0.3, -0.25) is 14.4 Å². The van der Waals surface area contributed by atoms with Crippen LogP contribution in [0.1, 0.15) is 104 Å². The van der Waals surface area contributed by atoms with E-state index in [1.165, 1.54) is 30.9 Å². The molecule has 282 valence electrons. The minimum atomic E-state index is -1.09. The monoisotopic (exact) mass is 730 g/mol. The number of rotatable bonds is 12. The fraction of sp³-hybridized carbons (Fsp3) is 0.409. The zero-order valence-corrected chi connectivity index (χ0v) is 30.8. The Hall–Kier alpha value is -5.22. The van der Waals surface area contributed by atoms with E-state index in [1.807, 2.05) is 17.0 Å². The van der Waals surface area contributed by atoms with Gasteiger partial charge >= 0.3 is 5.97 Å². The number of carbonyl (C=O) groups is 4. The van der Waals surface area contributed by atoms with Crippen molar-refractivity contribution in [1.29, 1.82) is 0 Å². The first-order valence-electron chi connectivity index (χ1n) is 19.5. The van der Waals surface area contributed by atoms with Crippen molar-refractivity contribution in [2.24, 2.45) is 0 Å². The van der Waals surface area contributed by atoms with Gasteiger partial charge in [0, 0.05) is 47.9 Å². The average molecular weight is 731 g/mol. The molecule has 0 atom stereocenters. The van der Waals surface area contributed by atoms with Crippen LogP contribution in [-0.2, 0) is 25.5 Å². The quantitative estimate of drug-likeness (QED) is 0.110. The van der Waals surface area contributed by atoms with Crippen molar-refractivity contribution in [2.45, 2.75) is 88.5 Å². The maximum absolute atomic E-state index is 14.6. The van der Waals surface area contributed by atoms with Crippen LogP contribution < -0.4 is 10.6 Å². The molecule has 10 heteroatoms. The Kier molecular flexibility index (Phi) is 11.6. The molecular formula is C44H50N4O6. The van der Waals surface area contributed by atoms with Crippen LogP contribution in [0.25, 0.3) is 28.2 Å². The van der Waals surface area contributed by atoms with Crippen LogP contribution in [0.3, 0.4) is 0 Å². The first kappa shape index (κ1) is 37.1. The summed E-state index contributed by atoms with van der Waals surface area (Å²) < 4.78 is 5.46. The molecule has 3 fully saturated rings. The van der Waals surface area contributed by atoms with Crippen LogP contribution in [-0.4, -0.2) is 70.5 Å². The van der Waals surface area contributed by atoms with E-state index in [1.54, 1.807) is 24.3 Å². The number of aliphatic carboxylic acids is 1. The molecule has 0 unspecified atom stereocenters. The van der Waals surface area contributed by atoms with Gasteiger partial charge in [-0.2, -0.15) is 0 Å². The summed E-state index contributed by atoms with van der Waals surface area (Å²) in [5.41, 5.74) is 6.01. The van der Waals surface area contributed by atoms with Crippen molar-refractivity contribution in [2.75, 3.05) is 31.6 Å². The number of fused-ring (bicyclic) bond motifs is 1. The summed E-state index contributed by atoms with van der Waals surface area (Å²) in [6, 6.07) is 21.3. The Labute approximate surface area is 316 Å². The third-order valence-electron chi connectivity index (χ3n) is 11.5. The van der Waals surface area contributed by atoms with Gasteiger partial charge < -0.3 is 30.4 Å². The number of carboxylic acid groups (broad SMARTS) is 1. The molecule has 0 radical (unpaired) electrons. The SMILES string of the molecule is O=C(O)C=Cc1ccc(NC(=O)C2(NC(=O)c3ccc4c(C5CCCCC5)c(-c5ccccc5)[nH]c4c3CCCC(=O)N3CCOCC3)CCCC2)cc1. The van der Waals surface area contributed by atoms with E-state index >= 15 is 0 Å². The van der Waals surface area contributed by atoms with Crippen molar-refractivity contribution in [1.82, 2.24) is 15.2 Å². The number of H-pyrrole nitrogens is 1. The normalized spacial score (nSPS) is 17.5. The van der Waals surface area contributed by atoms with E-state index in [-0.39, 0.29) is 17.7 Å². The number of nitrogens with zero attached hydrogens (tertiary/aromatic N) is 1. The summed E-state index contributed by atoms with van der Waals surface area (Å²) in [5, 5.41) is 16.3. The van der Waals surface area contributed by atoms with Crippen LogP contribution in [0.4, 0.5) is 5.69 Å². The number of carboxylic acids is 1. The number of aromatic amines is 1. The van der Waals surface area contributed by atoms with Gasteiger partial charge in [0.25, 0.3) is 5.91 Å². The number of aryl methyl sites for hydroxylation is 1. The second-order valence-electron chi connectivity index (χ2n) is 15.0. The molecule has 4 N–H and O–H groups in total. The highest BCUT2D eigenvalue weighted by Gasteiger charge is 2.43. The minimum absolute atomic E-state index is 0.100. The molecule has 3 amide bonds. The number of aromatic nitrogens is 1. The van der Waals surface area contributed by atoms with E-state index in [9.17, 15) is 19.2 Å². The minimum Gasteiger partial charge on any atom is -0.478 e. The number of benzene rings is 3. The van der Waals surface area contributed by atoms with Crippen LogP contribution in [0.15, 0.2) is 72.8 Å². The zero-order valence-electron chi connectivity index (χ0n) is 30.8. The zero-order chi connectivity index (χ0) is 37.5. The van der Waals surface area contributed by atoms with E-state index in [0.29, 0.717) is 81.1 Å². The van der Waals surface area contributed by atoms with E-state index in [4.69, 9.17) is 9.84 Å². The van der Waals surface area contributed by atoms with Crippen molar-refractivity contribution < 1.29 is 29.0 Å². The maximum atomic E-state index is 14.6. The highest BCUT2D eigenvalue weighted by Crippen LogP contribution is 2.44. The fourth-order valence-electron chi connectivity index (χ4n) is 8.62. The van der Waals surface area contributed by atoms with Crippen LogP contribution in [0.2, 0.25) is 0 Å². The first-order valence-corrected chi connectivity index (χ1v) is 19.5. The lowest BCUT2D eigenvalue weighted by Gasteiger charge is -2.29. The maximum Gasteiger partial charge on any atom is 0.328 e. The number of hydrogen-bond donors (Lipinski definition) is 4. The molecule has 7 rings (SSSR count). The van der Waals surface area contributed by atoms with Gasteiger partial charge in [-0.15, -0.1) is 0 Å². The molecule has 54 heavy (non-hydrogen) atoms. The lowest BCUT2D eigenvalue weighted by molar-refractivity contribution is -0.135. The Morgan fingerprint density at radius 1 is 0.889 bits per heavy atom. The van der Waals surface area contributed by atoms with Gasteiger partial charge in [0.05, 0.1) is 18.7 Å². The summed E-state index contributed by atoms with van der Waals surface area (Å²) in [6.45, 7) is 2.30. The molecule has 0 bridgehead atoms. The van der Waals surface area contributed by atoms with Crippen molar-refractivity contribution in [3.8, 4) is 11.3 Å². The molecule has 1 saturated heterocycles. The van der Waals surface area contributed by atoms with Gasteiger partial charge in [-0.05, 0) is 91.0 Å². The third-order valence-corrected chi connectivity index (χ3v) is 11.5. The summed E-state index contributed by atoms with van der Waals surface area (Å²) in [6.07, 6.45) is 12.6. The average Bonchev–Trinajstić information content (AvgIpc) is 3.85. The largest absolute Gasteiger partial charge is 0.478 e. The van der Waals surface area contributed by atoms with Gasteiger partial charge in [-0.1, -0.05) is 80.6 Å². The highest BCUT2D eigenvalue weighted by molar-refractivity contribution is 6.07. The second-order valence-corrected chi connectivity index (χ2v) is 15.0. The molecule has 10 nitrogen and oxygen atoms in total. The Bertz CT molecular complexity index is 2000. The van der Waals surface area contributed by atoms with Gasteiger partial charge in [-0.25, -0.2) is 4.79 Å². The smallest absolute Gasteiger partial charge is 0.328 e. The molecule has 1 aliphatic heterocycles. The number of nitrogens with one attached hydrogen (secondary N) is 3. The van der Waals surface area contributed by atoms with Crippen molar-refractivity contribution in [3.63, 3.8) is 0 Å². The number of morpholine rings is 1. The Morgan fingerprint density at radius 2 is 1.61 bits per heavy atom. The topological polar surface area (TPSA) is 141 Å². The molecule has 2 heterocycles. The van der Waals surface area contributed by atoms with Gasteiger partial charge in [0.1, 0.15) is 5.54 Å². The van der Waals surface area contributed by atoms with Crippen LogP contribution in [0.5, 0.6) is 0 Å². The van der Waals surface area contributed by atoms with Crippen LogP contribution in [0, 0.1) is 0 Å². The third kappa shape index (κ3) is 8.29. The lowest BCUT2D eigenvalue weighted by atomic mass is 9.81. The number of carbonyl (C=O) groups excluding carboxylic acids is 3. The molecule has 3 aromatic carbocycles. The first-order chi connectivity index (χ1) is 26.3. The predicted octanol–water partition coefficient (Wildman–Crippen LogP) is 7.84. The van der Waals surface area contributed by atoms with Gasteiger partial charge in [0.2, 0.25) is 11.8 Å². The van der Waals surface area contributed by atoms with Crippen LogP contribution >= 0.6 is 0 Å². The van der Waals surface area contributed by atoms with Crippen molar-refractivity contribution >= 4 is 46.4 Å². The highest BCUT2D eigenvalue weighted by atomic mass is 16.5. The summed E-state index contributed by atoms with van der Waals surface area (Å²) in [7, 11) is 0. The summed E-state index contributed by atoms with van der Waals surface area (Å²) in [4.78, 5) is 58.4. The Morgan fingerprint density at radius 3 is 2.31 bits per heavy atom. The lowest BCUT2D eigenvalue weighted by Crippen LogP contribution is -2.55. The second kappa shape index (κ2) is 16.8. The molecule has 0 spiro atoms. The number of hydrogen-bond acceptors (Lipinski definition) is 5. The number of anilines is 1. The number of amides is 3. The molecule has 2 saturated carbocycles. The van der Waals surface area contributed by atoms with E-state index in [2.05, 4.69) is 45.9 Å². The molecule has 4 aromatic rings. The van der Waals surface area contributed by atoms with E-state index < -0.39 is 11.5 Å². The molecule has 2 aliphatic carbocycles. The molecule has 1 aromatic heterocycles. The summed E-state index contributed by atoms with van der Waals surface area (Å²) in [5.74, 6) is -1.10. The number of ether oxygens (including phenoxy) is 1. The predicted molar refractivity (Wildman–Crippen MR) is 210 cm³/mol.